The predicted octanol–water partition coefficient (Wildman–Crippen LogP) is 23.6. The quantitative estimate of drug-likeness (QED) is 0.0261. The number of unbranched alkanes of at least 4 members (excludes halogenated alkanes) is 35. The maximum Gasteiger partial charge on any atom is 0.306 e. The summed E-state index contributed by atoms with van der Waals surface area (Å²) >= 11 is 0. The Balaban J connectivity index is 4.23. The number of ether oxygens (including phenoxy) is 3. The Morgan fingerprint density at radius 3 is 0.825 bits per heavy atom. The second-order valence-electron chi connectivity index (χ2n) is 22.7. The van der Waals surface area contributed by atoms with Crippen LogP contribution in [0.5, 0.6) is 0 Å². The maximum absolute atomic E-state index is 12.9. The molecule has 0 saturated carbocycles. The summed E-state index contributed by atoms with van der Waals surface area (Å²) in [6.07, 6.45) is 91.5. The van der Waals surface area contributed by atoms with Gasteiger partial charge in [-0.1, -0.05) is 317 Å². The molecule has 80 heavy (non-hydrogen) atoms. The molecule has 0 aliphatic heterocycles. The lowest BCUT2D eigenvalue weighted by Gasteiger charge is -2.18. The predicted molar refractivity (Wildman–Crippen MR) is 348 cm³/mol. The smallest absolute Gasteiger partial charge is 0.306 e. The van der Waals surface area contributed by atoms with Gasteiger partial charge in [0.1, 0.15) is 13.2 Å². The second-order valence-corrected chi connectivity index (χ2v) is 22.7. The largest absolute Gasteiger partial charge is 0.462 e. The summed E-state index contributed by atoms with van der Waals surface area (Å²) < 4.78 is 16.9. The van der Waals surface area contributed by atoms with Crippen LogP contribution in [0.1, 0.15) is 335 Å². The van der Waals surface area contributed by atoms with Crippen molar-refractivity contribution in [3.8, 4) is 0 Å². The van der Waals surface area contributed by atoms with Crippen molar-refractivity contribution in [1.82, 2.24) is 0 Å². The Morgan fingerprint density at radius 1 is 0.263 bits per heavy atom. The summed E-state index contributed by atoms with van der Waals surface area (Å²) in [5.41, 5.74) is 0. The Kier molecular flexibility index (Phi) is 64.7. The standard InChI is InChI=1S/C74H128O6/c1-4-7-10-13-16-19-22-24-26-28-30-32-34-35-36-37-38-39-41-42-44-46-48-50-52-55-58-61-64-67-73(76)79-70-71(69-78-72(75)66-63-60-57-54-21-18-15-12-9-6-3)80-74(77)68-65-62-59-56-53-51-49-47-45-43-40-33-31-29-27-25-23-20-17-14-11-8-5-2/h7,10,12,15-16,19,24,26,30,32,35-36,38-39,42,44,71H,4-6,8-9,11,13-14,17-18,20-23,25,27-29,31,33-34,37,40-41,43,45-70H2,1-3H3/b10-7-,15-12-,19-16-,26-24-,32-30-,36-35-,39-38-,44-42-. The molecule has 0 N–H and O–H groups in total. The van der Waals surface area contributed by atoms with Crippen LogP contribution in [0.15, 0.2) is 97.2 Å². The molecule has 0 amide bonds. The van der Waals surface area contributed by atoms with E-state index in [2.05, 4.69) is 118 Å². The van der Waals surface area contributed by atoms with E-state index in [1.165, 1.54) is 173 Å². The van der Waals surface area contributed by atoms with Crippen molar-refractivity contribution in [2.75, 3.05) is 13.2 Å². The van der Waals surface area contributed by atoms with Gasteiger partial charge in [0.15, 0.2) is 6.10 Å². The minimum absolute atomic E-state index is 0.0827. The maximum atomic E-state index is 12.9. The molecule has 0 radical (unpaired) electrons. The number of hydrogen-bond donors (Lipinski definition) is 0. The van der Waals surface area contributed by atoms with E-state index in [1.807, 2.05) is 0 Å². The molecule has 0 saturated heterocycles. The highest BCUT2D eigenvalue weighted by atomic mass is 16.6. The lowest BCUT2D eigenvalue weighted by atomic mass is 10.0. The van der Waals surface area contributed by atoms with Crippen molar-refractivity contribution in [3.63, 3.8) is 0 Å². The SMILES string of the molecule is CC/C=C\C/C=C\C/C=C\C/C=C\C/C=C\C/C=C\C/C=C\CCCCCCCCCC(=O)OCC(COC(=O)CCCCCCC/C=C\CCC)OC(=O)CCCCCCCCCCCCCCCCCCCCCCCCC. The molecule has 460 valence electrons. The fourth-order valence-electron chi connectivity index (χ4n) is 9.72. The zero-order valence-corrected chi connectivity index (χ0v) is 52.8. The third-order valence-electron chi connectivity index (χ3n) is 14.8. The van der Waals surface area contributed by atoms with Gasteiger partial charge in [-0.2, -0.15) is 0 Å². The molecule has 6 heteroatoms. The molecule has 0 bridgehead atoms. The van der Waals surface area contributed by atoms with Crippen molar-refractivity contribution in [2.24, 2.45) is 0 Å². The van der Waals surface area contributed by atoms with E-state index < -0.39 is 6.10 Å². The van der Waals surface area contributed by atoms with E-state index in [9.17, 15) is 14.4 Å². The number of carbonyl (C=O) groups excluding carboxylic acids is 3. The van der Waals surface area contributed by atoms with Crippen molar-refractivity contribution in [2.45, 2.75) is 341 Å². The third-order valence-corrected chi connectivity index (χ3v) is 14.8. The third kappa shape index (κ3) is 65.1. The van der Waals surface area contributed by atoms with Crippen molar-refractivity contribution in [1.29, 1.82) is 0 Å². The van der Waals surface area contributed by atoms with Gasteiger partial charge in [0.05, 0.1) is 0 Å². The van der Waals surface area contributed by atoms with Crippen LogP contribution in [-0.4, -0.2) is 37.2 Å². The van der Waals surface area contributed by atoms with Gasteiger partial charge in [0.2, 0.25) is 0 Å². The summed E-state index contributed by atoms with van der Waals surface area (Å²) in [5.74, 6) is -0.890. The number of hydrogen-bond acceptors (Lipinski definition) is 6. The molecule has 0 aromatic carbocycles. The number of rotatable bonds is 62. The molecule has 6 nitrogen and oxygen atoms in total. The van der Waals surface area contributed by atoms with Gasteiger partial charge in [0, 0.05) is 19.3 Å². The second kappa shape index (κ2) is 67.8. The highest BCUT2D eigenvalue weighted by Crippen LogP contribution is 2.17. The average Bonchev–Trinajstić information content (AvgIpc) is 3.46. The van der Waals surface area contributed by atoms with Crippen LogP contribution < -0.4 is 0 Å². The minimum Gasteiger partial charge on any atom is -0.462 e. The van der Waals surface area contributed by atoms with E-state index in [0.717, 1.165) is 122 Å². The van der Waals surface area contributed by atoms with Crippen molar-refractivity contribution < 1.29 is 28.6 Å². The molecule has 0 fully saturated rings. The first-order valence-corrected chi connectivity index (χ1v) is 34.2. The van der Waals surface area contributed by atoms with Crippen LogP contribution in [0.2, 0.25) is 0 Å². The van der Waals surface area contributed by atoms with Crippen LogP contribution in [0.4, 0.5) is 0 Å². The molecule has 0 heterocycles. The summed E-state index contributed by atoms with van der Waals surface area (Å²) in [6, 6.07) is 0. The highest BCUT2D eigenvalue weighted by Gasteiger charge is 2.19. The van der Waals surface area contributed by atoms with Gasteiger partial charge in [-0.25, -0.2) is 0 Å². The minimum atomic E-state index is -0.785. The van der Waals surface area contributed by atoms with E-state index in [1.54, 1.807) is 0 Å². The first-order valence-electron chi connectivity index (χ1n) is 34.2. The zero-order chi connectivity index (χ0) is 57.8. The molecule has 0 aromatic rings. The van der Waals surface area contributed by atoms with Crippen LogP contribution in [0.3, 0.4) is 0 Å². The van der Waals surface area contributed by atoms with E-state index in [0.29, 0.717) is 19.3 Å². The summed E-state index contributed by atoms with van der Waals surface area (Å²) in [6.45, 7) is 6.49. The first-order chi connectivity index (χ1) is 39.5. The summed E-state index contributed by atoms with van der Waals surface area (Å²) in [4.78, 5) is 38.3. The molecule has 0 spiro atoms. The van der Waals surface area contributed by atoms with E-state index >= 15 is 0 Å². The fraction of sp³-hybridized carbons (Fsp3) is 0.743. The molecule has 0 aromatic heterocycles. The van der Waals surface area contributed by atoms with Gasteiger partial charge < -0.3 is 14.2 Å². The molecule has 0 rings (SSSR count). The van der Waals surface area contributed by atoms with Crippen LogP contribution in [0, 0.1) is 0 Å². The lowest BCUT2D eigenvalue weighted by molar-refractivity contribution is -0.167. The molecular weight excluding hydrogens is 985 g/mol. The topological polar surface area (TPSA) is 78.9 Å². The van der Waals surface area contributed by atoms with E-state index in [4.69, 9.17) is 14.2 Å². The van der Waals surface area contributed by atoms with Crippen molar-refractivity contribution in [3.05, 3.63) is 97.2 Å². The van der Waals surface area contributed by atoms with Crippen LogP contribution >= 0.6 is 0 Å². The summed E-state index contributed by atoms with van der Waals surface area (Å²) in [5, 5.41) is 0. The van der Waals surface area contributed by atoms with E-state index in [-0.39, 0.29) is 31.1 Å². The zero-order valence-electron chi connectivity index (χ0n) is 52.8. The average molecular weight is 1110 g/mol. The Hall–Kier alpha value is -3.67. The molecule has 0 aliphatic carbocycles. The molecule has 0 aliphatic rings. The first kappa shape index (κ1) is 76.3. The van der Waals surface area contributed by atoms with Crippen molar-refractivity contribution >= 4 is 17.9 Å². The number of allylic oxidation sites excluding steroid dienone is 16. The summed E-state index contributed by atoms with van der Waals surface area (Å²) in [7, 11) is 0. The molecule has 1 atom stereocenters. The molecular formula is C74H128O6. The fourth-order valence-corrected chi connectivity index (χ4v) is 9.72. The Labute approximate surface area is 496 Å². The van der Waals surface area contributed by atoms with Gasteiger partial charge in [-0.3, -0.25) is 14.4 Å². The highest BCUT2D eigenvalue weighted by molar-refractivity contribution is 5.71. The Bertz CT molecular complexity index is 1560. The van der Waals surface area contributed by atoms with Crippen LogP contribution in [0.25, 0.3) is 0 Å². The normalized spacial score (nSPS) is 12.7. The van der Waals surface area contributed by atoms with Gasteiger partial charge in [-0.15, -0.1) is 0 Å². The Morgan fingerprint density at radius 2 is 0.512 bits per heavy atom. The van der Waals surface area contributed by atoms with Crippen LogP contribution in [-0.2, 0) is 28.6 Å². The molecule has 1 unspecified atom stereocenters. The van der Waals surface area contributed by atoms with Gasteiger partial charge >= 0.3 is 17.9 Å². The van der Waals surface area contributed by atoms with Gasteiger partial charge in [0.25, 0.3) is 0 Å². The number of esters is 3. The van der Waals surface area contributed by atoms with Gasteiger partial charge in [-0.05, 0) is 96.3 Å². The monoisotopic (exact) mass is 1110 g/mol. The lowest BCUT2D eigenvalue weighted by Crippen LogP contribution is -2.30. The number of carbonyl (C=O) groups is 3.